The van der Waals surface area contributed by atoms with Crippen LogP contribution < -0.4 is 14.9 Å². The Bertz CT molecular complexity index is 1460. The number of imide groups is 1. The lowest BCUT2D eigenvalue weighted by Gasteiger charge is -2.30. The highest BCUT2D eigenvalue weighted by atomic mass is 32.2. The topological polar surface area (TPSA) is 146 Å². The predicted molar refractivity (Wildman–Crippen MR) is 136 cm³/mol. The van der Waals surface area contributed by atoms with Crippen molar-refractivity contribution in [3.05, 3.63) is 74.2 Å². The van der Waals surface area contributed by atoms with Crippen molar-refractivity contribution in [2.45, 2.75) is 23.1 Å². The number of nitrogens with one attached hydrogen (secondary N) is 2. The molecule has 0 saturated carbocycles. The van der Waals surface area contributed by atoms with Crippen LogP contribution in [0.15, 0.2) is 58.4 Å². The fourth-order valence-corrected chi connectivity index (χ4v) is 7.04. The minimum atomic E-state index is -1.29. The van der Waals surface area contributed by atoms with E-state index in [0.717, 1.165) is 33.6 Å². The molecule has 0 radical (unpaired) electrons. The molecule has 3 N–H and O–H groups in total. The Morgan fingerprint density at radius 1 is 1.11 bits per heavy atom. The summed E-state index contributed by atoms with van der Waals surface area (Å²) in [6.45, 7) is 0.973. The van der Waals surface area contributed by atoms with Crippen LogP contribution >= 0.6 is 23.1 Å². The molecular formula is C25H21N3O7S2. The molecule has 3 atom stereocenters. The van der Waals surface area contributed by atoms with Crippen LogP contribution in [0, 0.1) is 12.8 Å². The fraction of sp³-hybridized carbons (Fsp3) is 0.240. The van der Waals surface area contributed by atoms with Gasteiger partial charge in [-0.1, -0.05) is 52.9 Å². The summed E-state index contributed by atoms with van der Waals surface area (Å²) in [6, 6.07) is 14.1. The Labute approximate surface area is 218 Å². The van der Waals surface area contributed by atoms with Crippen LogP contribution in [0.25, 0.3) is 0 Å². The maximum absolute atomic E-state index is 13.2. The second-order valence-electron chi connectivity index (χ2n) is 8.68. The molecule has 3 aromatic rings. The summed E-state index contributed by atoms with van der Waals surface area (Å²) >= 11 is 2.03. The highest BCUT2D eigenvalue weighted by Gasteiger charge is 2.56. The molecule has 3 amide bonds. The molecule has 2 aromatic carbocycles. The van der Waals surface area contributed by atoms with Gasteiger partial charge in [0.2, 0.25) is 11.8 Å². The molecule has 0 bridgehead atoms. The average molecular weight is 540 g/mol. The van der Waals surface area contributed by atoms with Crippen molar-refractivity contribution in [2.75, 3.05) is 18.5 Å². The van der Waals surface area contributed by atoms with Crippen LogP contribution in [-0.4, -0.2) is 57.1 Å². The number of anilines is 1. The molecule has 3 heterocycles. The summed E-state index contributed by atoms with van der Waals surface area (Å²) in [5, 5.41) is 11.6. The number of aromatic nitrogens is 1. The summed E-state index contributed by atoms with van der Waals surface area (Å²) < 4.78 is 5.70. The first kappa shape index (κ1) is 24.8. The number of nitrogens with zero attached hydrogens (tertiary/aromatic N) is 1. The number of benzene rings is 2. The quantitative estimate of drug-likeness (QED) is 0.388. The molecule has 1 fully saturated rings. The molecule has 2 aliphatic rings. The number of aromatic amines is 1. The number of hydrogen-bond acceptors (Lipinski definition) is 8. The Balaban J connectivity index is 1.40. The summed E-state index contributed by atoms with van der Waals surface area (Å²) in [7, 11) is 0. The van der Waals surface area contributed by atoms with Crippen LogP contribution in [0.3, 0.4) is 0 Å². The van der Waals surface area contributed by atoms with E-state index in [2.05, 4.69) is 10.3 Å². The maximum Gasteiger partial charge on any atom is 0.323 e. The van der Waals surface area contributed by atoms with E-state index in [1.807, 2.05) is 19.1 Å². The summed E-state index contributed by atoms with van der Waals surface area (Å²) in [5.74, 6) is -3.99. The van der Waals surface area contributed by atoms with Crippen molar-refractivity contribution in [1.29, 1.82) is 0 Å². The second kappa shape index (κ2) is 9.87. The smallest absolute Gasteiger partial charge is 0.323 e. The molecule has 10 nitrogen and oxygen atoms in total. The van der Waals surface area contributed by atoms with E-state index in [4.69, 9.17) is 4.74 Å². The number of carboxylic acid groups (broad SMARTS) is 1. The number of fused-ring (bicyclic) bond motifs is 2. The van der Waals surface area contributed by atoms with Crippen LogP contribution in [0.2, 0.25) is 0 Å². The van der Waals surface area contributed by atoms with Gasteiger partial charge in [0.25, 0.3) is 5.91 Å². The third-order valence-corrected chi connectivity index (χ3v) is 8.53. The number of aliphatic carboxylic acids is 1. The Morgan fingerprint density at radius 3 is 2.59 bits per heavy atom. The zero-order valence-corrected chi connectivity index (χ0v) is 21.1. The van der Waals surface area contributed by atoms with E-state index >= 15 is 0 Å². The number of carbonyl (C=O) groups is 4. The number of aryl methyl sites for hydroxylation is 1. The average Bonchev–Trinajstić information content (AvgIpc) is 3.34. The van der Waals surface area contributed by atoms with Gasteiger partial charge in [-0.2, -0.15) is 0 Å². The van der Waals surface area contributed by atoms with Gasteiger partial charge >= 0.3 is 10.8 Å². The van der Waals surface area contributed by atoms with Crippen molar-refractivity contribution in [1.82, 2.24) is 9.88 Å². The number of rotatable bonds is 7. The fourth-order valence-electron chi connectivity index (χ4n) is 4.51. The zero-order valence-electron chi connectivity index (χ0n) is 19.4. The largest absolute Gasteiger partial charge is 0.484 e. The van der Waals surface area contributed by atoms with Gasteiger partial charge in [0.05, 0.1) is 10.9 Å². The minimum Gasteiger partial charge on any atom is -0.484 e. The Kier molecular flexibility index (Phi) is 6.61. The monoisotopic (exact) mass is 539 g/mol. The third kappa shape index (κ3) is 4.89. The number of H-pyrrole nitrogens is 1. The Morgan fingerprint density at radius 2 is 1.86 bits per heavy atom. The number of likely N-dealkylation sites (tertiary alicyclic amines) is 1. The first-order valence-electron chi connectivity index (χ1n) is 11.3. The van der Waals surface area contributed by atoms with E-state index in [1.165, 1.54) is 0 Å². The van der Waals surface area contributed by atoms with Crippen LogP contribution in [0.5, 0.6) is 5.75 Å². The molecule has 1 aromatic heterocycles. The minimum absolute atomic E-state index is 0.254. The lowest BCUT2D eigenvalue weighted by Crippen LogP contribution is -2.36. The molecule has 2 aliphatic heterocycles. The van der Waals surface area contributed by atoms with Gasteiger partial charge in [-0.3, -0.25) is 28.9 Å². The number of carbonyl (C=O) groups excluding carboxylic acids is 3. The second-order valence-corrected chi connectivity index (χ2v) is 10.8. The summed E-state index contributed by atoms with van der Waals surface area (Å²) in [6.07, 6.45) is 0. The molecular weight excluding hydrogens is 518 g/mol. The molecule has 190 valence electrons. The molecule has 2 unspecified atom stereocenters. The van der Waals surface area contributed by atoms with E-state index in [1.54, 1.807) is 36.4 Å². The van der Waals surface area contributed by atoms with Crippen molar-refractivity contribution >= 4 is 52.5 Å². The van der Waals surface area contributed by atoms with Gasteiger partial charge in [-0.15, -0.1) is 0 Å². The van der Waals surface area contributed by atoms with Gasteiger partial charge in [-0.25, -0.2) is 0 Å². The van der Waals surface area contributed by atoms with Crippen LogP contribution in [-0.2, 0) is 19.2 Å². The molecule has 0 aliphatic carbocycles. The number of thioether (sulfide) groups is 1. The van der Waals surface area contributed by atoms with Crippen molar-refractivity contribution < 1.29 is 29.0 Å². The predicted octanol–water partition coefficient (Wildman–Crippen LogP) is 2.44. The first-order chi connectivity index (χ1) is 17.7. The van der Waals surface area contributed by atoms with E-state index in [-0.39, 0.29) is 17.4 Å². The maximum atomic E-state index is 13.2. The number of hydrogen-bond donors (Lipinski definition) is 3. The van der Waals surface area contributed by atoms with Crippen molar-refractivity contribution in [3.8, 4) is 5.75 Å². The number of carboxylic acids is 1. The molecule has 5 rings (SSSR count). The van der Waals surface area contributed by atoms with Crippen LogP contribution in [0.1, 0.15) is 21.9 Å². The van der Waals surface area contributed by atoms with Crippen molar-refractivity contribution in [3.63, 3.8) is 0 Å². The first-order valence-corrected chi connectivity index (χ1v) is 13.0. The standard InChI is InChI=1S/C25H21N3O7S2/c1-12-5-7-14(8-6-12)26-16(29)11-35-15-4-2-3-13(9-15)18-19-21(36-22-20(18)37-25(34)27-22)24(33)28(23(19)32)10-17(30)31/h2-9,18-19,21H,10-11H2,1H3,(H,26,29)(H,27,34)(H,30,31)/t18-,19?,21?/m1/s1. The molecule has 1 saturated heterocycles. The van der Waals surface area contributed by atoms with E-state index in [9.17, 15) is 29.1 Å². The van der Waals surface area contributed by atoms with Crippen LogP contribution in [0.4, 0.5) is 5.69 Å². The molecule has 0 spiro atoms. The lowest BCUT2D eigenvalue weighted by atomic mass is 9.83. The zero-order chi connectivity index (χ0) is 26.3. The Hall–Kier alpha value is -3.90. The van der Waals surface area contributed by atoms with Gasteiger partial charge < -0.3 is 20.1 Å². The highest BCUT2D eigenvalue weighted by Crippen LogP contribution is 2.52. The number of amides is 3. The van der Waals surface area contributed by atoms with Crippen molar-refractivity contribution in [2.24, 2.45) is 5.92 Å². The number of thiazole rings is 1. The van der Waals surface area contributed by atoms with Gasteiger partial charge in [0, 0.05) is 16.5 Å². The van der Waals surface area contributed by atoms with Gasteiger partial charge in [0.1, 0.15) is 17.5 Å². The molecule has 12 heteroatoms. The van der Waals surface area contributed by atoms with Gasteiger partial charge in [-0.05, 0) is 36.8 Å². The SMILES string of the molecule is Cc1ccc(NC(=O)COc2cccc([C@H]3c4sc(=O)[nH]c4SC4C(=O)N(CC(=O)O)C(=O)C43)c2)cc1. The summed E-state index contributed by atoms with van der Waals surface area (Å²) in [5.41, 5.74) is 2.32. The molecule has 37 heavy (non-hydrogen) atoms. The normalized spacial score (nSPS) is 20.4. The van der Waals surface area contributed by atoms with E-state index in [0.29, 0.717) is 26.9 Å². The highest BCUT2D eigenvalue weighted by molar-refractivity contribution is 8.00. The lowest BCUT2D eigenvalue weighted by molar-refractivity contribution is -0.149. The third-order valence-electron chi connectivity index (χ3n) is 6.13. The number of ether oxygens (including phenoxy) is 1. The van der Waals surface area contributed by atoms with E-state index < -0.39 is 41.4 Å². The van der Waals surface area contributed by atoms with Gasteiger partial charge in [0.15, 0.2) is 6.61 Å². The summed E-state index contributed by atoms with van der Waals surface area (Å²) in [4.78, 5) is 65.8.